The molecule has 1 amide bonds. The molecule has 0 unspecified atom stereocenters. The standard InChI is InChI=1S/C21H29NO2Si2/c1-25(2,3)22(21(23)24-26(4,5)6)15-20-18-13-9-7-11-16(18)17-12-8-10-14-19(17)20/h7-14,20H,15H2,1-6H3. The van der Waals surface area contributed by atoms with Crippen molar-refractivity contribution >= 4 is 22.6 Å². The van der Waals surface area contributed by atoms with E-state index in [0.717, 1.165) is 0 Å². The Kier molecular flexibility index (Phi) is 4.88. The van der Waals surface area contributed by atoms with Crippen LogP contribution in [0.4, 0.5) is 4.79 Å². The fourth-order valence-corrected chi connectivity index (χ4v) is 5.63. The van der Waals surface area contributed by atoms with E-state index in [0.29, 0.717) is 6.54 Å². The first-order valence-electron chi connectivity index (χ1n) is 9.27. The van der Waals surface area contributed by atoms with Crippen LogP contribution in [0.25, 0.3) is 11.1 Å². The van der Waals surface area contributed by atoms with Crippen molar-refractivity contribution in [3.8, 4) is 11.1 Å². The lowest BCUT2D eigenvalue weighted by Crippen LogP contribution is -2.53. The summed E-state index contributed by atoms with van der Waals surface area (Å²) in [5.74, 6) is 0.211. The van der Waals surface area contributed by atoms with Gasteiger partial charge in [0.1, 0.15) is 0 Å². The zero-order valence-electron chi connectivity index (χ0n) is 16.7. The van der Waals surface area contributed by atoms with Gasteiger partial charge in [-0.05, 0) is 41.9 Å². The molecule has 0 atom stereocenters. The lowest BCUT2D eigenvalue weighted by molar-refractivity contribution is 0.174. The Morgan fingerprint density at radius 3 is 1.77 bits per heavy atom. The van der Waals surface area contributed by atoms with Gasteiger partial charge in [-0.2, -0.15) is 0 Å². The van der Waals surface area contributed by atoms with Crippen molar-refractivity contribution in [2.75, 3.05) is 6.54 Å². The molecule has 5 heteroatoms. The van der Waals surface area contributed by atoms with E-state index in [9.17, 15) is 4.79 Å². The molecule has 0 fully saturated rings. The van der Waals surface area contributed by atoms with E-state index < -0.39 is 16.6 Å². The predicted octanol–water partition coefficient (Wildman–Crippen LogP) is 5.91. The summed E-state index contributed by atoms with van der Waals surface area (Å²) in [5, 5.41) is 0. The highest BCUT2D eigenvalue weighted by molar-refractivity contribution is 6.76. The fourth-order valence-electron chi connectivity index (χ4n) is 3.58. The normalized spacial score (nSPS) is 13.9. The summed E-state index contributed by atoms with van der Waals surface area (Å²) in [5.41, 5.74) is 5.22. The van der Waals surface area contributed by atoms with Gasteiger partial charge in [-0.15, -0.1) is 0 Å². The van der Waals surface area contributed by atoms with Crippen LogP contribution in [-0.2, 0) is 4.43 Å². The maximum Gasteiger partial charge on any atom is 0.388 e. The number of benzene rings is 2. The van der Waals surface area contributed by atoms with Gasteiger partial charge in [-0.25, -0.2) is 4.79 Å². The van der Waals surface area contributed by atoms with E-state index in [1.54, 1.807) is 0 Å². The second-order valence-electron chi connectivity index (χ2n) is 8.99. The highest BCUT2D eigenvalue weighted by Crippen LogP contribution is 2.45. The molecule has 0 heterocycles. The number of hydrogen-bond acceptors (Lipinski definition) is 2. The quantitative estimate of drug-likeness (QED) is 0.614. The lowest BCUT2D eigenvalue weighted by Gasteiger charge is -2.37. The van der Waals surface area contributed by atoms with Gasteiger partial charge in [0.15, 0.2) is 8.24 Å². The minimum atomic E-state index is -1.93. The van der Waals surface area contributed by atoms with Gasteiger partial charge >= 0.3 is 6.09 Å². The lowest BCUT2D eigenvalue weighted by atomic mass is 9.97. The van der Waals surface area contributed by atoms with Crippen molar-refractivity contribution in [1.29, 1.82) is 0 Å². The second-order valence-corrected chi connectivity index (χ2v) is 18.3. The average molecular weight is 384 g/mol. The predicted molar refractivity (Wildman–Crippen MR) is 114 cm³/mol. The Labute approximate surface area is 159 Å². The van der Waals surface area contributed by atoms with E-state index >= 15 is 0 Å². The molecule has 3 nitrogen and oxygen atoms in total. The Bertz CT molecular complexity index is 776. The minimum Gasteiger partial charge on any atom is -0.505 e. The highest BCUT2D eigenvalue weighted by Gasteiger charge is 2.37. The molecule has 0 N–H and O–H groups in total. The Morgan fingerprint density at radius 1 is 0.885 bits per heavy atom. The first kappa shape index (κ1) is 18.9. The smallest absolute Gasteiger partial charge is 0.388 e. The number of carbonyl (C=O) groups excluding carboxylic acids is 1. The summed E-state index contributed by atoms with van der Waals surface area (Å²) in [4.78, 5) is 13.0. The van der Waals surface area contributed by atoms with E-state index in [4.69, 9.17) is 4.43 Å². The van der Waals surface area contributed by atoms with E-state index in [1.165, 1.54) is 22.3 Å². The van der Waals surface area contributed by atoms with E-state index in [-0.39, 0.29) is 12.0 Å². The van der Waals surface area contributed by atoms with Crippen LogP contribution < -0.4 is 0 Å². The second kappa shape index (κ2) is 6.70. The SMILES string of the molecule is C[Si](C)(C)OC(=O)N(CC1c2ccccc2-c2ccccc21)[Si](C)(C)C. The summed E-state index contributed by atoms with van der Waals surface area (Å²) < 4.78 is 7.91. The average Bonchev–Trinajstić information content (AvgIpc) is 2.84. The molecule has 138 valence electrons. The molecule has 0 aromatic heterocycles. The van der Waals surface area contributed by atoms with Crippen molar-refractivity contribution in [3.63, 3.8) is 0 Å². The summed E-state index contributed by atoms with van der Waals surface area (Å²) in [6, 6.07) is 17.1. The molecule has 0 radical (unpaired) electrons. The van der Waals surface area contributed by atoms with Gasteiger partial charge in [0.05, 0.1) is 0 Å². The van der Waals surface area contributed by atoms with Crippen LogP contribution in [0.5, 0.6) is 0 Å². The van der Waals surface area contributed by atoms with Gasteiger partial charge < -0.3 is 8.99 Å². The molecule has 1 aliphatic rings. The molecule has 0 spiro atoms. The van der Waals surface area contributed by atoms with Crippen molar-refractivity contribution in [2.45, 2.75) is 45.2 Å². The molecule has 0 bridgehead atoms. The molecule has 0 aliphatic heterocycles. The fraction of sp³-hybridized carbons (Fsp3) is 0.381. The van der Waals surface area contributed by atoms with Crippen LogP contribution in [0.15, 0.2) is 48.5 Å². The Morgan fingerprint density at radius 2 is 1.35 bits per heavy atom. The monoisotopic (exact) mass is 383 g/mol. The van der Waals surface area contributed by atoms with Gasteiger partial charge in [0.25, 0.3) is 0 Å². The molecular formula is C21H29NO2Si2. The molecule has 26 heavy (non-hydrogen) atoms. The summed E-state index contributed by atoms with van der Waals surface area (Å²) in [6.07, 6.45) is -0.134. The number of rotatable bonds is 4. The zero-order valence-corrected chi connectivity index (χ0v) is 18.7. The number of fused-ring (bicyclic) bond motifs is 3. The molecule has 2 aromatic carbocycles. The Balaban J connectivity index is 1.98. The first-order chi connectivity index (χ1) is 12.1. The number of hydrogen-bond donors (Lipinski definition) is 0. The minimum absolute atomic E-state index is 0.134. The van der Waals surface area contributed by atoms with Crippen molar-refractivity contribution in [1.82, 2.24) is 4.57 Å². The van der Waals surface area contributed by atoms with Crippen LogP contribution in [0.1, 0.15) is 17.0 Å². The number of nitrogens with zero attached hydrogens (tertiary/aromatic N) is 1. The maximum atomic E-state index is 13.0. The first-order valence-corrected chi connectivity index (χ1v) is 16.1. The van der Waals surface area contributed by atoms with Gasteiger partial charge in [-0.3, -0.25) is 0 Å². The summed E-state index contributed by atoms with van der Waals surface area (Å²) >= 11 is 0. The van der Waals surface area contributed by atoms with Crippen LogP contribution in [0, 0.1) is 0 Å². The third-order valence-electron chi connectivity index (χ3n) is 4.75. The molecule has 0 saturated heterocycles. The molecular weight excluding hydrogens is 354 g/mol. The van der Waals surface area contributed by atoms with Gasteiger partial charge in [0.2, 0.25) is 8.32 Å². The zero-order chi connectivity index (χ0) is 19.1. The molecule has 1 aliphatic carbocycles. The van der Waals surface area contributed by atoms with Gasteiger partial charge in [-0.1, -0.05) is 68.2 Å². The van der Waals surface area contributed by atoms with Crippen LogP contribution in [-0.4, -0.2) is 33.8 Å². The van der Waals surface area contributed by atoms with E-state index in [2.05, 4.69) is 87.8 Å². The molecule has 3 rings (SSSR count). The van der Waals surface area contributed by atoms with Crippen LogP contribution >= 0.6 is 0 Å². The van der Waals surface area contributed by atoms with E-state index in [1.807, 2.05) is 4.57 Å². The summed E-state index contributed by atoms with van der Waals surface area (Å²) in [6.45, 7) is 13.5. The molecule has 0 saturated carbocycles. The maximum absolute atomic E-state index is 13.0. The largest absolute Gasteiger partial charge is 0.505 e. The third-order valence-corrected chi connectivity index (χ3v) is 7.52. The van der Waals surface area contributed by atoms with Crippen LogP contribution in [0.2, 0.25) is 39.3 Å². The highest BCUT2D eigenvalue weighted by atomic mass is 28.4. The van der Waals surface area contributed by atoms with Crippen molar-refractivity contribution < 1.29 is 9.22 Å². The third kappa shape index (κ3) is 3.78. The van der Waals surface area contributed by atoms with Crippen molar-refractivity contribution in [2.24, 2.45) is 0 Å². The number of amides is 1. The summed E-state index contributed by atoms with van der Waals surface area (Å²) in [7, 11) is -3.81. The van der Waals surface area contributed by atoms with Crippen molar-refractivity contribution in [3.05, 3.63) is 59.7 Å². The molecule has 2 aromatic rings. The van der Waals surface area contributed by atoms with Gasteiger partial charge in [0, 0.05) is 12.5 Å². The number of carbonyl (C=O) groups is 1. The van der Waals surface area contributed by atoms with Crippen LogP contribution in [0.3, 0.4) is 0 Å². The topological polar surface area (TPSA) is 29.5 Å². The Hall–Kier alpha value is -1.86.